The van der Waals surface area contributed by atoms with E-state index in [1.807, 2.05) is 11.3 Å². The van der Waals surface area contributed by atoms with E-state index in [2.05, 4.69) is 275 Å². The van der Waals surface area contributed by atoms with Gasteiger partial charge in [-0.05, 0) is 99.6 Å². The van der Waals surface area contributed by atoms with Crippen LogP contribution in [0.2, 0.25) is 0 Å². The number of para-hydroxylation sites is 4. The van der Waals surface area contributed by atoms with Gasteiger partial charge in [0.1, 0.15) is 0 Å². The molecule has 4 aromatic heterocycles. The van der Waals surface area contributed by atoms with Crippen molar-refractivity contribution in [1.82, 2.24) is 13.7 Å². The molecule has 0 atom stereocenters. The smallest absolute Gasteiger partial charge is 0.180 e. The van der Waals surface area contributed by atoms with Crippen LogP contribution in [0.1, 0.15) is 0 Å². The van der Waals surface area contributed by atoms with Crippen molar-refractivity contribution in [2.24, 2.45) is 0 Å². The lowest BCUT2D eigenvalue weighted by Crippen LogP contribution is -2.74. The fraction of sp³-hybridized carbons (Fsp3) is 0. The summed E-state index contributed by atoms with van der Waals surface area (Å²) in [5, 5.41) is 15.4. The van der Waals surface area contributed by atoms with Gasteiger partial charge in [0.2, 0.25) is 0 Å². The van der Waals surface area contributed by atoms with Crippen LogP contribution in [0, 0.1) is 0 Å². The number of aromatic nitrogens is 3. The Morgan fingerprint density at radius 3 is 1.31 bits per heavy atom. The Morgan fingerprint density at radius 1 is 0.268 bits per heavy atom. The SMILES string of the molecule is c1ccc(-n2c3ccc(-n4c5ccccc5c5ccccc54)cc3c3c([Si](c4ccccc4)(c4ccccc4)c4ccccc4)cc4c(c5ccccc5n4-c4ccc5sc6ccccc6c5c4)c32)cc1. The predicted molar refractivity (Wildman–Crippen MR) is 306 cm³/mol. The first-order chi connectivity index (χ1) is 35.3. The molecule has 3 nitrogen and oxygen atoms in total. The van der Waals surface area contributed by atoms with Crippen LogP contribution in [-0.2, 0) is 0 Å². The zero-order valence-electron chi connectivity index (χ0n) is 38.6. The molecule has 332 valence electrons. The summed E-state index contributed by atoms with van der Waals surface area (Å²) >= 11 is 1.87. The molecule has 0 aliphatic rings. The molecule has 0 aliphatic carbocycles. The molecule has 0 saturated heterocycles. The maximum atomic E-state index is 2.63. The van der Waals surface area contributed by atoms with Crippen LogP contribution in [0.5, 0.6) is 0 Å². The number of hydrogen-bond donors (Lipinski definition) is 0. The molecule has 15 rings (SSSR count). The van der Waals surface area contributed by atoms with Crippen molar-refractivity contribution in [3.05, 3.63) is 261 Å². The normalized spacial score (nSPS) is 12.2. The molecule has 0 amide bonds. The second-order valence-corrected chi connectivity index (χ2v) is 23.6. The molecule has 15 aromatic rings. The minimum absolute atomic E-state index is 1.13. The molecule has 11 aromatic carbocycles. The summed E-state index contributed by atoms with van der Waals surface area (Å²) < 4.78 is 10.2. The predicted octanol–water partition coefficient (Wildman–Crippen LogP) is 14.7. The summed E-state index contributed by atoms with van der Waals surface area (Å²) in [6.45, 7) is 0. The van der Waals surface area contributed by atoms with E-state index >= 15 is 0 Å². The van der Waals surface area contributed by atoms with Crippen LogP contribution >= 0.6 is 11.3 Å². The largest absolute Gasteiger partial charge is 0.309 e. The van der Waals surface area contributed by atoms with Gasteiger partial charge in [0, 0.05) is 69.6 Å². The van der Waals surface area contributed by atoms with Crippen LogP contribution in [0.15, 0.2) is 261 Å². The molecule has 0 saturated carbocycles. The lowest BCUT2D eigenvalue weighted by atomic mass is 10.1. The molecular weight excluding hydrogens is 895 g/mol. The van der Waals surface area contributed by atoms with Crippen LogP contribution < -0.4 is 20.7 Å². The lowest BCUT2D eigenvalue weighted by molar-refractivity contribution is 1.17. The maximum Gasteiger partial charge on any atom is 0.180 e. The first-order valence-corrected chi connectivity index (χ1v) is 27.2. The Labute approximate surface area is 415 Å². The molecular formula is C66H43N3SSi. The van der Waals surface area contributed by atoms with E-state index in [0.29, 0.717) is 0 Å². The molecule has 0 aliphatic heterocycles. The number of rotatable bonds is 7. The highest BCUT2D eigenvalue weighted by atomic mass is 32.1. The van der Waals surface area contributed by atoms with Crippen molar-refractivity contribution in [2.75, 3.05) is 0 Å². The minimum Gasteiger partial charge on any atom is -0.309 e. The van der Waals surface area contributed by atoms with Crippen LogP contribution in [0.25, 0.3) is 103 Å². The molecule has 71 heavy (non-hydrogen) atoms. The summed E-state index contributed by atoms with van der Waals surface area (Å²) in [5.41, 5.74) is 10.6. The molecule has 0 fully saturated rings. The Kier molecular flexibility index (Phi) is 8.85. The molecule has 0 spiro atoms. The molecule has 0 unspecified atom stereocenters. The fourth-order valence-electron chi connectivity index (χ4n) is 12.3. The van der Waals surface area contributed by atoms with Crippen molar-refractivity contribution < 1.29 is 0 Å². The van der Waals surface area contributed by atoms with Gasteiger partial charge in [-0.15, -0.1) is 11.3 Å². The fourth-order valence-corrected chi connectivity index (χ4v) is 18.4. The van der Waals surface area contributed by atoms with Gasteiger partial charge in [0.05, 0.1) is 33.1 Å². The standard InChI is InChI=1S/C66H43N3SSi/c1-5-21-44(22-6-1)69-59-39-37-45(67-56-33-17-13-29-50(56)51-30-14-18-34-57(51)67)42-55(59)65-63(71(47-23-7-2-8-24-47,48-25-9-3-10-26-48)49-27-11-4-12-28-49)43-60-64(66(65)69)53-32-15-19-35-58(53)68(60)46-38-40-62-54(41-46)52-31-16-20-36-61(52)70-62/h1-43H. The van der Waals surface area contributed by atoms with E-state index in [1.165, 1.54) is 106 Å². The average molecular weight is 938 g/mol. The lowest BCUT2D eigenvalue weighted by Gasteiger charge is -2.35. The Bertz CT molecular complexity index is 4420. The zero-order chi connectivity index (χ0) is 46.6. The quantitative estimate of drug-likeness (QED) is 0.112. The summed E-state index contributed by atoms with van der Waals surface area (Å²) in [7, 11) is -3.23. The molecule has 5 heteroatoms. The first kappa shape index (κ1) is 40.2. The van der Waals surface area contributed by atoms with Gasteiger partial charge in [-0.2, -0.15) is 0 Å². The van der Waals surface area contributed by atoms with Crippen molar-refractivity contribution in [3.8, 4) is 17.1 Å². The van der Waals surface area contributed by atoms with Gasteiger partial charge in [-0.25, -0.2) is 0 Å². The van der Waals surface area contributed by atoms with E-state index in [-0.39, 0.29) is 0 Å². The monoisotopic (exact) mass is 937 g/mol. The van der Waals surface area contributed by atoms with Crippen molar-refractivity contribution in [3.63, 3.8) is 0 Å². The highest BCUT2D eigenvalue weighted by Crippen LogP contribution is 2.44. The van der Waals surface area contributed by atoms with Crippen molar-refractivity contribution in [2.45, 2.75) is 0 Å². The van der Waals surface area contributed by atoms with Crippen LogP contribution in [0.3, 0.4) is 0 Å². The van der Waals surface area contributed by atoms with E-state index < -0.39 is 8.07 Å². The highest BCUT2D eigenvalue weighted by Gasteiger charge is 2.44. The van der Waals surface area contributed by atoms with E-state index in [9.17, 15) is 0 Å². The van der Waals surface area contributed by atoms with Crippen molar-refractivity contribution >= 4 is 126 Å². The third-order valence-electron chi connectivity index (χ3n) is 15.1. The Hall–Kier alpha value is -8.74. The third kappa shape index (κ3) is 5.76. The minimum atomic E-state index is -3.23. The molecule has 0 bridgehead atoms. The van der Waals surface area contributed by atoms with Gasteiger partial charge >= 0.3 is 0 Å². The highest BCUT2D eigenvalue weighted by molar-refractivity contribution is 7.25. The molecule has 0 radical (unpaired) electrons. The number of fused-ring (bicyclic) bond motifs is 13. The first-order valence-electron chi connectivity index (χ1n) is 24.4. The van der Waals surface area contributed by atoms with E-state index in [4.69, 9.17) is 0 Å². The van der Waals surface area contributed by atoms with Gasteiger partial charge < -0.3 is 13.7 Å². The Balaban J connectivity index is 1.20. The van der Waals surface area contributed by atoms with Crippen molar-refractivity contribution in [1.29, 1.82) is 0 Å². The summed E-state index contributed by atoms with van der Waals surface area (Å²) in [5.74, 6) is 0. The Morgan fingerprint density at radius 2 is 0.704 bits per heavy atom. The second-order valence-electron chi connectivity index (χ2n) is 18.8. The van der Waals surface area contributed by atoms with Gasteiger partial charge in [0.15, 0.2) is 8.07 Å². The van der Waals surface area contributed by atoms with Crippen LogP contribution in [-0.4, -0.2) is 21.8 Å². The van der Waals surface area contributed by atoms with Gasteiger partial charge in [-0.3, -0.25) is 0 Å². The van der Waals surface area contributed by atoms with Crippen LogP contribution in [0.4, 0.5) is 0 Å². The number of hydrogen-bond acceptors (Lipinski definition) is 1. The average Bonchev–Trinajstić information content (AvgIpc) is 4.19. The summed E-state index contributed by atoms with van der Waals surface area (Å²) in [4.78, 5) is 0. The van der Waals surface area contributed by atoms with Gasteiger partial charge in [0.25, 0.3) is 0 Å². The molecule has 4 heterocycles. The topological polar surface area (TPSA) is 14.8 Å². The zero-order valence-corrected chi connectivity index (χ0v) is 40.4. The second kappa shape index (κ2) is 15.6. The van der Waals surface area contributed by atoms with E-state index in [1.54, 1.807) is 0 Å². The van der Waals surface area contributed by atoms with E-state index in [0.717, 1.165) is 17.1 Å². The van der Waals surface area contributed by atoms with Gasteiger partial charge in [-0.1, -0.05) is 182 Å². The summed E-state index contributed by atoms with van der Waals surface area (Å²) in [6.07, 6.45) is 0. The summed E-state index contributed by atoms with van der Waals surface area (Å²) in [6, 6.07) is 98.0. The third-order valence-corrected chi connectivity index (χ3v) is 21.1. The number of thiophene rings is 1. The maximum absolute atomic E-state index is 3.23. The number of benzene rings is 11. The number of nitrogens with zero attached hydrogens (tertiary/aromatic N) is 3. The molecule has 0 N–H and O–H groups in total.